The van der Waals surface area contributed by atoms with Crippen molar-refractivity contribution in [2.75, 3.05) is 18.8 Å². The van der Waals surface area contributed by atoms with Gasteiger partial charge in [-0.3, -0.25) is 14.3 Å². The fraction of sp³-hybridized carbons (Fsp3) is 0.615. The molecule has 0 atom stereocenters. The minimum Gasteiger partial charge on any atom is -0.396 e. The first-order valence-corrected chi connectivity index (χ1v) is 6.91. The Bertz CT molecular complexity index is 503. The minimum atomic E-state index is -0.277. The summed E-state index contributed by atoms with van der Waals surface area (Å²) in [7, 11) is 0. The van der Waals surface area contributed by atoms with E-state index in [-0.39, 0.29) is 17.7 Å². The number of carbonyl (C=O) groups excluding carboxylic acids is 2. The largest absolute Gasteiger partial charge is 0.396 e. The van der Waals surface area contributed by atoms with Crippen LogP contribution < -0.4 is 11.5 Å². The van der Waals surface area contributed by atoms with E-state index in [4.69, 9.17) is 11.5 Å². The number of nitrogen functional groups attached to an aromatic ring is 1. The molecule has 1 aliphatic heterocycles. The molecule has 0 bridgehead atoms. The quantitative estimate of drug-likeness (QED) is 0.821. The van der Waals surface area contributed by atoms with Crippen LogP contribution in [-0.4, -0.2) is 39.6 Å². The van der Waals surface area contributed by atoms with Crippen LogP contribution in [-0.2, 0) is 11.3 Å². The molecule has 0 aromatic carbocycles. The summed E-state index contributed by atoms with van der Waals surface area (Å²) in [4.78, 5) is 25.0. The van der Waals surface area contributed by atoms with Crippen LogP contribution in [0.2, 0.25) is 0 Å². The molecule has 0 saturated carbocycles. The third kappa shape index (κ3) is 3.09. The van der Waals surface area contributed by atoms with E-state index < -0.39 is 0 Å². The maximum absolute atomic E-state index is 12.4. The van der Waals surface area contributed by atoms with Gasteiger partial charge in [0, 0.05) is 32.3 Å². The molecule has 1 saturated heterocycles. The van der Waals surface area contributed by atoms with Crippen LogP contribution in [0.25, 0.3) is 0 Å². The fourth-order valence-corrected chi connectivity index (χ4v) is 2.54. The number of anilines is 1. The summed E-state index contributed by atoms with van der Waals surface area (Å²) in [5, 5.41) is 4.20. The van der Waals surface area contributed by atoms with Gasteiger partial charge in [-0.1, -0.05) is 0 Å². The summed E-state index contributed by atoms with van der Waals surface area (Å²) in [6, 6.07) is 0. The topological polar surface area (TPSA) is 107 Å². The molecule has 20 heavy (non-hydrogen) atoms. The molecule has 1 aliphatic rings. The second kappa shape index (κ2) is 5.94. The summed E-state index contributed by atoms with van der Waals surface area (Å²) in [5.74, 6) is -0.130. The first kappa shape index (κ1) is 14.4. The van der Waals surface area contributed by atoms with Gasteiger partial charge in [0.1, 0.15) is 0 Å². The van der Waals surface area contributed by atoms with E-state index in [0.717, 1.165) is 12.8 Å². The molecule has 2 heterocycles. The van der Waals surface area contributed by atoms with Gasteiger partial charge >= 0.3 is 0 Å². The molecule has 0 spiro atoms. The number of amides is 2. The fourth-order valence-electron chi connectivity index (χ4n) is 2.54. The number of nitrogens with zero attached hydrogens (tertiary/aromatic N) is 3. The standard InChI is InChI=1S/C13H21N5O2/c1-2-18-8-10(14)12(16-18)13(20)17-5-3-9(4-6-17)7-11(15)19/h8-9H,2-7,14H2,1H3,(H2,15,19). The Morgan fingerprint density at radius 1 is 1.40 bits per heavy atom. The Morgan fingerprint density at radius 2 is 2.05 bits per heavy atom. The second-order valence-electron chi connectivity index (χ2n) is 5.19. The van der Waals surface area contributed by atoms with Crippen LogP contribution in [0.3, 0.4) is 0 Å². The van der Waals surface area contributed by atoms with Crippen molar-refractivity contribution in [2.45, 2.75) is 32.7 Å². The van der Waals surface area contributed by atoms with E-state index in [0.29, 0.717) is 37.4 Å². The highest BCUT2D eigenvalue weighted by atomic mass is 16.2. The summed E-state index contributed by atoms with van der Waals surface area (Å²) >= 11 is 0. The van der Waals surface area contributed by atoms with E-state index in [1.54, 1.807) is 15.8 Å². The minimum absolute atomic E-state index is 0.132. The van der Waals surface area contributed by atoms with E-state index in [2.05, 4.69) is 5.10 Å². The zero-order valence-corrected chi connectivity index (χ0v) is 11.7. The van der Waals surface area contributed by atoms with Crippen LogP contribution in [0.5, 0.6) is 0 Å². The lowest BCUT2D eigenvalue weighted by molar-refractivity contribution is -0.119. The Kier molecular flexibility index (Phi) is 4.26. The molecule has 1 fully saturated rings. The van der Waals surface area contributed by atoms with E-state index in [1.807, 2.05) is 6.92 Å². The van der Waals surface area contributed by atoms with Gasteiger partial charge in [0.25, 0.3) is 5.91 Å². The monoisotopic (exact) mass is 279 g/mol. The molecular formula is C13H21N5O2. The maximum atomic E-state index is 12.4. The number of primary amides is 1. The molecule has 4 N–H and O–H groups in total. The SMILES string of the molecule is CCn1cc(N)c(C(=O)N2CCC(CC(N)=O)CC2)n1. The highest BCUT2D eigenvalue weighted by Crippen LogP contribution is 2.22. The lowest BCUT2D eigenvalue weighted by atomic mass is 9.93. The van der Waals surface area contributed by atoms with Gasteiger partial charge in [0.2, 0.25) is 5.91 Å². The summed E-state index contributed by atoms with van der Waals surface area (Å²) < 4.78 is 1.66. The van der Waals surface area contributed by atoms with Crippen LogP contribution in [0.1, 0.15) is 36.7 Å². The number of hydrogen-bond donors (Lipinski definition) is 2. The Morgan fingerprint density at radius 3 is 2.55 bits per heavy atom. The number of aromatic nitrogens is 2. The first-order chi connectivity index (χ1) is 9.51. The predicted molar refractivity (Wildman–Crippen MR) is 74.8 cm³/mol. The normalized spacial score (nSPS) is 16.4. The zero-order valence-electron chi connectivity index (χ0n) is 11.7. The number of aryl methyl sites for hydroxylation is 1. The highest BCUT2D eigenvalue weighted by molar-refractivity contribution is 5.97. The van der Waals surface area contributed by atoms with E-state index >= 15 is 0 Å². The van der Waals surface area contributed by atoms with Gasteiger partial charge in [0.15, 0.2) is 5.69 Å². The number of rotatable bonds is 4. The third-order valence-corrected chi connectivity index (χ3v) is 3.71. The van der Waals surface area contributed by atoms with Crippen molar-refractivity contribution in [2.24, 2.45) is 11.7 Å². The second-order valence-corrected chi connectivity index (χ2v) is 5.19. The number of nitrogens with two attached hydrogens (primary N) is 2. The Labute approximate surface area is 117 Å². The molecule has 1 aromatic rings. The molecule has 1 aromatic heterocycles. The van der Waals surface area contributed by atoms with Crippen LogP contribution in [0.15, 0.2) is 6.20 Å². The van der Waals surface area contributed by atoms with Gasteiger partial charge < -0.3 is 16.4 Å². The lowest BCUT2D eigenvalue weighted by Gasteiger charge is -2.31. The molecule has 0 radical (unpaired) electrons. The molecule has 7 heteroatoms. The third-order valence-electron chi connectivity index (χ3n) is 3.71. The Balaban J connectivity index is 1.97. The van der Waals surface area contributed by atoms with Crippen molar-refractivity contribution < 1.29 is 9.59 Å². The average Bonchev–Trinajstić information content (AvgIpc) is 2.79. The molecule has 2 rings (SSSR count). The lowest BCUT2D eigenvalue weighted by Crippen LogP contribution is -2.39. The van der Waals surface area contributed by atoms with Crippen molar-refractivity contribution in [1.82, 2.24) is 14.7 Å². The number of carbonyl (C=O) groups is 2. The van der Waals surface area contributed by atoms with Crippen molar-refractivity contribution in [3.63, 3.8) is 0 Å². The van der Waals surface area contributed by atoms with Crippen molar-refractivity contribution >= 4 is 17.5 Å². The smallest absolute Gasteiger partial charge is 0.276 e. The number of piperidine rings is 1. The molecule has 0 unspecified atom stereocenters. The van der Waals surface area contributed by atoms with Gasteiger partial charge in [-0.15, -0.1) is 0 Å². The maximum Gasteiger partial charge on any atom is 0.276 e. The van der Waals surface area contributed by atoms with Gasteiger partial charge in [0.05, 0.1) is 5.69 Å². The van der Waals surface area contributed by atoms with Gasteiger partial charge in [-0.25, -0.2) is 0 Å². The molecule has 0 aliphatic carbocycles. The van der Waals surface area contributed by atoms with E-state index in [9.17, 15) is 9.59 Å². The first-order valence-electron chi connectivity index (χ1n) is 6.91. The van der Waals surface area contributed by atoms with Crippen molar-refractivity contribution in [3.05, 3.63) is 11.9 Å². The zero-order chi connectivity index (χ0) is 14.7. The highest BCUT2D eigenvalue weighted by Gasteiger charge is 2.27. The van der Waals surface area contributed by atoms with E-state index in [1.165, 1.54) is 0 Å². The summed E-state index contributed by atoms with van der Waals surface area (Å²) in [6.45, 7) is 3.86. The van der Waals surface area contributed by atoms with Crippen molar-refractivity contribution in [1.29, 1.82) is 0 Å². The molecule has 2 amide bonds. The molecular weight excluding hydrogens is 258 g/mol. The average molecular weight is 279 g/mol. The number of hydrogen-bond acceptors (Lipinski definition) is 4. The number of likely N-dealkylation sites (tertiary alicyclic amines) is 1. The van der Waals surface area contributed by atoms with Crippen LogP contribution in [0.4, 0.5) is 5.69 Å². The Hall–Kier alpha value is -2.05. The molecule has 7 nitrogen and oxygen atoms in total. The molecule has 110 valence electrons. The summed E-state index contributed by atoms with van der Waals surface area (Å²) in [6.07, 6.45) is 3.66. The predicted octanol–water partition coefficient (Wildman–Crippen LogP) is 0.213. The van der Waals surface area contributed by atoms with Crippen molar-refractivity contribution in [3.8, 4) is 0 Å². The van der Waals surface area contributed by atoms with Gasteiger partial charge in [-0.05, 0) is 25.7 Å². The van der Waals surface area contributed by atoms with Crippen LogP contribution >= 0.6 is 0 Å². The van der Waals surface area contributed by atoms with Crippen LogP contribution in [0, 0.1) is 5.92 Å². The van der Waals surface area contributed by atoms with Gasteiger partial charge in [-0.2, -0.15) is 5.10 Å². The summed E-state index contributed by atoms with van der Waals surface area (Å²) in [5.41, 5.74) is 11.8.